The summed E-state index contributed by atoms with van der Waals surface area (Å²) in [4.78, 5) is 32.3. The molecule has 0 radical (unpaired) electrons. The van der Waals surface area contributed by atoms with Crippen molar-refractivity contribution in [3.63, 3.8) is 0 Å². The van der Waals surface area contributed by atoms with Crippen molar-refractivity contribution in [2.24, 2.45) is 0 Å². The van der Waals surface area contributed by atoms with Gasteiger partial charge in [0.25, 0.3) is 0 Å². The number of carbonyl (C=O) groups excluding carboxylic acids is 1. The number of amides is 1. The molecule has 13 heteroatoms. The van der Waals surface area contributed by atoms with Crippen molar-refractivity contribution in [2.75, 3.05) is 44.7 Å². The van der Waals surface area contributed by atoms with Gasteiger partial charge in [-0.25, -0.2) is 18.0 Å². The lowest BCUT2D eigenvalue weighted by molar-refractivity contribution is 0.0292. The Labute approximate surface area is 282 Å². The molecular weight excluding hydrogens is 645 g/mol. The van der Waals surface area contributed by atoms with E-state index < -0.39 is 35.0 Å². The van der Waals surface area contributed by atoms with Crippen molar-refractivity contribution < 1.29 is 27.4 Å². The summed E-state index contributed by atoms with van der Waals surface area (Å²) in [6.07, 6.45) is 2.87. The van der Waals surface area contributed by atoms with E-state index in [0.717, 1.165) is 19.4 Å². The molecule has 0 saturated carbocycles. The van der Waals surface area contributed by atoms with Crippen molar-refractivity contribution in [2.45, 2.75) is 69.8 Å². The van der Waals surface area contributed by atoms with E-state index in [0.29, 0.717) is 60.0 Å². The minimum atomic E-state index is -0.938. The fraction of sp³-hybridized carbons (Fsp3) is 0.486. The average Bonchev–Trinajstić information content (AvgIpc) is 3.75. The number of nitrogens with zero attached hydrogens (tertiary/aromatic N) is 6. The van der Waals surface area contributed by atoms with E-state index in [1.54, 1.807) is 29.2 Å². The summed E-state index contributed by atoms with van der Waals surface area (Å²) < 4.78 is 57.7. The molecule has 7 rings (SSSR count). The van der Waals surface area contributed by atoms with Crippen LogP contribution in [0.5, 0.6) is 6.01 Å². The Morgan fingerprint density at radius 2 is 1.96 bits per heavy atom. The van der Waals surface area contributed by atoms with Gasteiger partial charge >= 0.3 is 12.1 Å². The number of aromatic nitrogens is 3. The van der Waals surface area contributed by atoms with Crippen LogP contribution in [-0.4, -0.2) is 94.0 Å². The van der Waals surface area contributed by atoms with Crippen LogP contribution in [0, 0.1) is 11.6 Å². The molecule has 0 N–H and O–H groups in total. The normalized spacial score (nSPS) is 22.9. The van der Waals surface area contributed by atoms with Crippen LogP contribution in [0.15, 0.2) is 36.5 Å². The molecule has 3 saturated heterocycles. The van der Waals surface area contributed by atoms with Gasteiger partial charge in [0.1, 0.15) is 41.2 Å². The number of halogens is 4. The lowest BCUT2D eigenvalue weighted by Gasteiger charge is -2.31. The SMILES string of the molecule is CN(c1nc(OC[C@]23CCCN2C[C@H](F)C3)nc2c(F)c(-c3cccc4ccc(F)c(Cl)c34)ncc12)[C@@H]1CCN(C(=O)OC(C)(C)C)C1. The molecule has 3 atom stereocenters. The monoisotopic (exact) mass is 682 g/mol. The van der Waals surface area contributed by atoms with Crippen molar-refractivity contribution >= 4 is 45.2 Å². The van der Waals surface area contributed by atoms with E-state index in [4.69, 9.17) is 26.1 Å². The molecule has 3 aliphatic heterocycles. The lowest BCUT2D eigenvalue weighted by Crippen LogP contribution is -2.43. The number of benzene rings is 2. The van der Waals surface area contributed by atoms with Gasteiger partial charge in [0, 0.05) is 56.3 Å². The first-order chi connectivity index (χ1) is 22.8. The van der Waals surface area contributed by atoms with E-state index >= 15 is 4.39 Å². The zero-order chi connectivity index (χ0) is 34.0. The van der Waals surface area contributed by atoms with Crippen LogP contribution in [0.2, 0.25) is 5.02 Å². The highest BCUT2D eigenvalue weighted by Gasteiger charge is 2.49. The van der Waals surface area contributed by atoms with Crippen LogP contribution in [0.1, 0.15) is 46.5 Å². The topological polar surface area (TPSA) is 83.9 Å². The maximum atomic E-state index is 16.8. The molecule has 0 aliphatic carbocycles. The first kappa shape index (κ1) is 32.6. The number of pyridine rings is 1. The highest BCUT2D eigenvalue weighted by Crippen LogP contribution is 2.42. The van der Waals surface area contributed by atoms with E-state index in [2.05, 4.69) is 14.9 Å². The zero-order valence-corrected chi connectivity index (χ0v) is 28.2. The zero-order valence-electron chi connectivity index (χ0n) is 27.4. The summed E-state index contributed by atoms with van der Waals surface area (Å²) in [5, 5.41) is 1.18. The van der Waals surface area contributed by atoms with E-state index in [1.165, 1.54) is 12.3 Å². The third kappa shape index (κ3) is 5.87. The minimum Gasteiger partial charge on any atom is -0.461 e. The van der Waals surface area contributed by atoms with Crippen LogP contribution < -0.4 is 9.64 Å². The van der Waals surface area contributed by atoms with Gasteiger partial charge in [-0.05, 0) is 58.0 Å². The summed E-state index contributed by atoms with van der Waals surface area (Å²) in [6, 6.07) is 7.77. The Kier molecular flexibility index (Phi) is 8.30. The van der Waals surface area contributed by atoms with Gasteiger partial charge in [0.05, 0.1) is 15.9 Å². The molecule has 0 spiro atoms. The Morgan fingerprint density at radius 3 is 2.75 bits per heavy atom. The van der Waals surface area contributed by atoms with E-state index in [1.807, 2.05) is 32.7 Å². The maximum Gasteiger partial charge on any atom is 0.410 e. The van der Waals surface area contributed by atoms with Crippen molar-refractivity contribution in [1.29, 1.82) is 0 Å². The number of hydrogen-bond donors (Lipinski definition) is 0. The van der Waals surface area contributed by atoms with Gasteiger partial charge in [-0.2, -0.15) is 9.97 Å². The smallest absolute Gasteiger partial charge is 0.410 e. The molecule has 0 unspecified atom stereocenters. The highest BCUT2D eigenvalue weighted by atomic mass is 35.5. The molecule has 2 aromatic carbocycles. The molecule has 0 bridgehead atoms. The number of ether oxygens (including phenoxy) is 2. The second-order valence-electron chi connectivity index (χ2n) is 14.1. The molecule has 4 aromatic rings. The lowest BCUT2D eigenvalue weighted by atomic mass is 9.95. The molecule has 3 aliphatic rings. The summed E-state index contributed by atoms with van der Waals surface area (Å²) in [5.74, 6) is -0.990. The summed E-state index contributed by atoms with van der Waals surface area (Å²) in [7, 11) is 1.83. The Morgan fingerprint density at radius 1 is 1.15 bits per heavy atom. The van der Waals surface area contributed by atoms with Crippen LogP contribution in [-0.2, 0) is 4.74 Å². The third-order valence-corrected chi connectivity index (χ3v) is 10.1. The van der Waals surface area contributed by atoms with Gasteiger partial charge < -0.3 is 19.3 Å². The number of rotatable bonds is 6. The van der Waals surface area contributed by atoms with Gasteiger partial charge in [-0.15, -0.1) is 0 Å². The predicted octanol–water partition coefficient (Wildman–Crippen LogP) is 7.18. The van der Waals surface area contributed by atoms with Crippen LogP contribution in [0.4, 0.5) is 23.8 Å². The van der Waals surface area contributed by atoms with E-state index in [9.17, 15) is 13.6 Å². The number of likely N-dealkylation sites (tertiary alicyclic amines) is 1. The summed E-state index contributed by atoms with van der Waals surface area (Å²) in [5.41, 5.74) is -0.861. The molecule has 254 valence electrons. The number of fused-ring (bicyclic) bond motifs is 3. The second-order valence-corrected chi connectivity index (χ2v) is 14.5. The summed E-state index contributed by atoms with van der Waals surface area (Å²) >= 11 is 6.40. The first-order valence-corrected chi connectivity index (χ1v) is 16.7. The number of likely N-dealkylation sites (N-methyl/N-ethyl adjacent to an activating group) is 1. The molecule has 2 aromatic heterocycles. The summed E-state index contributed by atoms with van der Waals surface area (Å²) in [6.45, 7) is 7.64. The minimum absolute atomic E-state index is 0.0334. The number of carbonyl (C=O) groups is 1. The molecule has 1 amide bonds. The van der Waals surface area contributed by atoms with Gasteiger partial charge in [-0.3, -0.25) is 9.88 Å². The quantitative estimate of drug-likeness (QED) is 0.212. The van der Waals surface area contributed by atoms with Gasteiger partial charge in [-0.1, -0.05) is 35.9 Å². The number of hydrogen-bond acceptors (Lipinski definition) is 8. The predicted molar refractivity (Wildman–Crippen MR) is 178 cm³/mol. The van der Waals surface area contributed by atoms with Crippen molar-refractivity contribution in [3.05, 3.63) is 53.2 Å². The highest BCUT2D eigenvalue weighted by molar-refractivity contribution is 6.36. The second kappa shape index (κ2) is 12.2. The van der Waals surface area contributed by atoms with Gasteiger partial charge in [0.15, 0.2) is 5.82 Å². The fourth-order valence-electron chi connectivity index (χ4n) is 7.42. The molecule has 9 nitrogen and oxygen atoms in total. The van der Waals surface area contributed by atoms with Crippen LogP contribution in [0.3, 0.4) is 0 Å². The first-order valence-electron chi connectivity index (χ1n) is 16.3. The molecule has 48 heavy (non-hydrogen) atoms. The van der Waals surface area contributed by atoms with Crippen molar-refractivity contribution in [3.8, 4) is 17.3 Å². The number of anilines is 1. The molecule has 5 heterocycles. The van der Waals surface area contributed by atoms with Gasteiger partial charge in [0.2, 0.25) is 0 Å². The van der Waals surface area contributed by atoms with Crippen LogP contribution >= 0.6 is 11.6 Å². The largest absolute Gasteiger partial charge is 0.461 e. The molecular formula is C35H38ClF3N6O3. The maximum absolute atomic E-state index is 16.8. The van der Waals surface area contributed by atoms with E-state index in [-0.39, 0.29) is 34.9 Å². The standard InChI is InChI=1S/C35H38ClF3N6O3/c1-34(2,3)48-33(46)44-14-11-22(18-44)43(4)31-24-16-40-29(23-8-5-7-20-9-10-25(38)27(36)26(20)23)28(39)30(24)41-32(42-31)47-19-35-12-6-13-45(35)17-21(37)15-35/h5,7-10,16,21-22H,6,11-15,17-19H2,1-4H3/t21-,22-,35-/m1/s1. The Hall–Kier alpha value is -3.90. The average molecular weight is 683 g/mol. The number of alkyl halides is 1. The molecule has 3 fully saturated rings. The fourth-order valence-corrected chi connectivity index (χ4v) is 7.69. The third-order valence-electron chi connectivity index (χ3n) is 9.76. The van der Waals surface area contributed by atoms with Crippen molar-refractivity contribution in [1.82, 2.24) is 24.8 Å². The Bertz CT molecular complexity index is 1910. The van der Waals surface area contributed by atoms with Crippen LogP contribution in [0.25, 0.3) is 32.9 Å². The Balaban J connectivity index is 1.29.